The average molecular weight is 383 g/mol. The number of aryl methyl sites for hydroxylation is 1. The Balaban J connectivity index is 1.30. The minimum absolute atomic E-state index is 0.00238. The van der Waals surface area contributed by atoms with Crippen molar-refractivity contribution in [2.24, 2.45) is 0 Å². The van der Waals surface area contributed by atoms with Crippen LogP contribution in [0.3, 0.4) is 0 Å². The van der Waals surface area contributed by atoms with Gasteiger partial charge in [-0.25, -0.2) is 0 Å². The van der Waals surface area contributed by atoms with Crippen molar-refractivity contribution in [1.82, 2.24) is 25.0 Å². The first-order chi connectivity index (χ1) is 13.7. The third-order valence-corrected chi connectivity index (χ3v) is 5.55. The lowest BCUT2D eigenvalue weighted by Gasteiger charge is -2.20. The second kappa shape index (κ2) is 8.84. The first-order valence-electron chi connectivity index (χ1n) is 10.3. The average Bonchev–Trinajstić information content (AvgIpc) is 3.30. The Bertz CT molecular complexity index is 813. The van der Waals surface area contributed by atoms with Crippen molar-refractivity contribution < 1.29 is 9.53 Å². The highest BCUT2D eigenvalue weighted by Crippen LogP contribution is 2.14. The topological polar surface area (TPSA) is 72.3 Å². The van der Waals surface area contributed by atoms with Crippen LogP contribution in [0.2, 0.25) is 0 Å². The number of hydrogen-bond acceptors (Lipinski definition) is 5. The third kappa shape index (κ3) is 4.59. The van der Waals surface area contributed by atoms with E-state index in [1.807, 2.05) is 0 Å². The summed E-state index contributed by atoms with van der Waals surface area (Å²) in [7, 11) is 0. The van der Waals surface area contributed by atoms with E-state index in [0.29, 0.717) is 19.6 Å². The minimum atomic E-state index is -0.273. The fourth-order valence-corrected chi connectivity index (χ4v) is 4.03. The summed E-state index contributed by atoms with van der Waals surface area (Å²) in [6.07, 6.45) is 3.12. The lowest BCUT2D eigenvalue weighted by atomic mass is 10.1. The van der Waals surface area contributed by atoms with Crippen molar-refractivity contribution >= 4 is 5.91 Å². The Kier molecular flexibility index (Phi) is 6.02. The molecule has 2 aromatic rings. The van der Waals surface area contributed by atoms with Crippen molar-refractivity contribution in [2.75, 3.05) is 26.2 Å². The van der Waals surface area contributed by atoms with Crippen molar-refractivity contribution in [1.29, 1.82) is 0 Å². The van der Waals surface area contributed by atoms with Crippen LogP contribution in [0.1, 0.15) is 35.6 Å². The molecule has 28 heavy (non-hydrogen) atoms. The molecule has 1 unspecified atom stereocenters. The molecule has 1 fully saturated rings. The predicted molar refractivity (Wildman–Crippen MR) is 106 cm³/mol. The number of carbonyl (C=O) groups excluding carboxylic acids is 1. The van der Waals surface area contributed by atoms with E-state index in [-0.39, 0.29) is 12.0 Å². The maximum Gasteiger partial charge on any atom is 0.249 e. The molecule has 1 atom stereocenters. The number of hydrogen-bond donors (Lipinski definition) is 1. The highest BCUT2D eigenvalue weighted by Gasteiger charge is 2.23. The normalized spacial score (nSPS) is 20.0. The smallest absolute Gasteiger partial charge is 0.249 e. The van der Waals surface area contributed by atoms with Gasteiger partial charge in [-0.05, 0) is 25.3 Å². The first kappa shape index (κ1) is 19.1. The molecule has 3 heterocycles. The van der Waals surface area contributed by atoms with Crippen molar-refractivity contribution in [2.45, 2.75) is 51.8 Å². The zero-order valence-electron chi connectivity index (χ0n) is 16.6. The van der Waals surface area contributed by atoms with Crippen LogP contribution in [-0.2, 0) is 35.5 Å². The largest absolute Gasteiger partial charge is 0.368 e. The van der Waals surface area contributed by atoms with E-state index in [1.54, 1.807) is 0 Å². The Hall–Kier alpha value is -2.25. The maximum absolute atomic E-state index is 12.1. The van der Waals surface area contributed by atoms with Gasteiger partial charge in [0.05, 0.1) is 0 Å². The van der Waals surface area contributed by atoms with Gasteiger partial charge in [0.25, 0.3) is 0 Å². The van der Waals surface area contributed by atoms with Crippen LogP contribution >= 0.6 is 0 Å². The molecule has 1 aromatic carbocycles. The third-order valence-electron chi connectivity index (χ3n) is 5.55. The molecule has 1 saturated heterocycles. The fourth-order valence-electron chi connectivity index (χ4n) is 4.03. The summed E-state index contributed by atoms with van der Waals surface area (Å²) in [5.41, 5.74) is 2.66. The van der Waals surface area contributed by atoms with Gasteiger partial charge in [-0.15, -0.1) is 10.2 Å². The predicted octanol–water partition coefficient (Wildman–Crippen LogP) is 1.48. The van der Waals surface area contributed by atoms with Gasteiger partial charge in [0.15, 0.2) is 0 Å². The fraction of sp³-hybridized carbons (Fsp3) is 0.571. The number of fused-ring (bicyclic) bond motifs is 1. The molecule has 2 aliphatic rings. The van der Waals surface area contributed by atoms with E-state index >= 15 is 0 Å². The van der Waals surface area contributed by atoms with Crippen molar-refractivity contribution in [3.63, 3.8) is 0 Å². The summed E-state index contributed by atoms with van der Waals surface area (Å²) >= 11 is 0. The van der Waals surface area contributed by atoms with E-state index in [2.05, 4.69) is 56.2 Å². The van der Waals surface area contributed by atoms with E-state index in [0.717, 1.165) is 57.1 Å². The number of amides is 1. The van der Waals surface area contributed by atoms with Crippen LogP contribution in [0.5, 0.6) is 0 Å². The second-order valence-corrected chi connectivity index (χ2v) is 7.74. The number of carbonyl (C=O) groups is 1. The molecule has 1 N–H and O–H groups in total. The molecule has 7 nitrogen and oxygen atoms in total. The Morgan fingerprint density at radius 2 is 2.21 bits per heavy atom. The monoisotopic (exact) mass is 383 g/mol. The lowest BCUT2D eigenvalue weighted by molar-refractivity contribution is -0.130. The maximum atomic E-state index is 12.1. The highest BCUT2D eigenvalue weighted by atomic mass is 16.5. The minimum Gasteiger partial charge on any atom is -0.368 e. The summed E-state index contributed by atoms with van der Waals surface area (Å²) < 4.78 is 7.66. The van der Waals surface area contributed by atoms with Crippen LogP contribution in [0.25, 0.3) is 0 Å². The van der Waals surface area contributed by atoms with Crippen LogP contribution in [0.15, 0.2) is 24.3 Å². The zero-order valence-corrected chi connectivity index (χ0v) is 16.6. The Morgan fingerprint density at radius 3 is 3.04 bits per heavy atom. The molecule has 150 valence electrons. The van der Waals surface area contributed by atoms with E-state index in [1.165, 1.54) is 11.1 Å². The summed E-state index contributed by atoms with van der Waals surface area (Å²) in [5.74, 6) is 2.00. The zero-order chi connectivity index (χ0) is 19.3. The van der Waals surface area contributed by atoms with E-state index in [9.17, 15) is 4.79 Å². The summed E-state index contributed by atoms with van der Waals surface area (Å²) in [4.78, 5) is 14.6. The number of benzene rings is 1. The number of nitrogens with zero attached hydrogens (tertiary/aromatic N) is 4. The highest BCUT2D eigenvalue weighted by molar-refractivity contribution is 5.80. The van der Waals surface area contributed by atoms with Gasteiger partial charge >= 0.3 is 0 Å². The number of rotatable bonds is 6. The van der Waals surface area contributed by atoms with Crippen LogP contribution in [0, 0.1) is 6.92 Å². The molecular formula is C21H29N5O2. The first-order valence-corrected chi connectivity index (χ1v) is 10.3. The number of aromatic nitrogens is 3. The number of nitrogens with one attached hydrogen (secondary N) is 1. The summed E-state index contributed by atoms with van der Waals surface area (Å²) in [6, 6.07) is 8.71. The van der Waals surface area contributed by atoms with E-state index < -0.39 is 0 Å². The molecule has 4 rings (SSSR count). The summed E-state index contributed by atoms with van der Waals surface area (Å²) in [5, 5.41) is 11.7. The van der Waals surface area contributed by atoms with Gasteiger partial charge in [-0.1, -0.05) is 29.8 Å². The van der Waals surface area contributed by atoms with Gasteiger partial charge in [-0.3, -0.25) is 9.69 Å². The quantitative estimate of drug-likeness (QED) is 0.818. The van der Waals surface area contributed by atoms with Gasteiger partial charge < -0.3 is 14.6 Å². The molecule has 0 aliphatic carbocycles. The molecule has 0 bridgehead atoms. The van der Waals surface area contributed by atoms with Crippen LogP contribution in [0.4, 0.5) is 0 Å². The van der Waals surface area contributed by atoms with Gasteiger partial charge in [-0.2, -0.15) is 0 Å². The number of ether oxygens (including phenoxy) is 1. The molecule has 1 amide bonds. The van der Waals surface area contributed by atoms with Crippen molar-refractivity contribution in [3.8, 4) is 0 Å². The standard InChI is InChI=1S/C21H29N5O2/c1-16-4-2-5-17(14-16)15-25-10-8-20-24-23-19(26(20)12-11-25)7-9-22-21(27)18-6-3-13-28-18/h2,4-5,14,18H,3,6-13,15H2,1H3,(H,22,27). The molecule has 7 heteroatoms. The summed E-state index contributed by atoms with van der Waals surface area (Å²) in [6.45, 7) is 7.22. The lowest BCUT2D eigenvalue weighted by Crippen LogP contribution is -2.35. The van der Waals surface area contributed by atoms with Crippen LogP contribution < -0.4 is 5.32 Å². The van der Waals surface area contributed by atoms with E-state index in [4.69, 9.17) is 4.74 Å². The Morgan fingerprint density at radius 1 is 1.29 bits per heavy atom. The van der Waals surface area contributed by atoms with Gasteiger partial charge in [0.1, 0.15) is 17.8 Å². The molecular weight excluding hydrogens is 354 g/mol. The SMILES string of the molecule is Cc1cccc(CN2CCc3nnc(CCNC(=O)C4CCCO4)n3CC2)c1. The molecule has 0 saturated carbocycles. The molecule has 0 radical (unpaired) electrons. The van der Waals surface area contributed by atoms with Crippen molar-refractivity contribution in [3.05, 3.63) is 47.0 Å². The van der Waals surface area contributed by atoms with Gasteiger partial charge in [0.2, 0.25) is 5.91 Å². The second-order valence-electron chi connectivity index (χ2n) is 7.74. The van der Waals surface area contributed by atoms with Gasteiger partial charge in [0, 0.05) is 52.2 Å². The molecule has 2 aliphatic heterocycles. The molecule has 0 spiro atoms. The Labute approximate surface area is 166 Å². The molecule has 1 aromatic heterocycles. The van der Waals surface area contributed by atoms with Crippen LogP contribution in [-0.4, -0.2) is 57.9 Å².